The van der Waals surface area contributed by atoms with Gasteiger partial charge in [-0.25, -0.2) is 4.79 Å². The summed E-state index contributed by atoms with van der Waals surface area (Å²) in [6, 6.07) is 26.1. The molecule has 0 aliphatic carbocycles. The zero-order chi connectivity index (χ0) is 20.1. The molecule has 0 fully saturated rings. The van der Waals surface area contributed by atoms with Crippen LogP contribution in [0.2, 0.25) is 0 Å². The number of hydrogen-bond donors (Lipinski definition) is 0. The molecule has 0 unspecified atom stereocenters. The highest BCUT2D eigenvalue weighted by Gasteiger charge is 2.19. The van der Waals surface area contributed by atoms with Gasteiger partial charge in [-0.1, -0.05) is 78.1 Å². The topological polar surface area (TPSA) is 44.8 Å². The zero-order valence-corrected chi connectivity index (χ0v) is 16.8. The van der Waals surface area contributed by atoms with Crippen molar-refractivity contribution in [2.24, 2.45) is 0 Å². The van der Waals surface area contributed by atoms with Gasteiger partial charge in [0.05, 0.1) is 6.61 Å². The van der Waals surface area contributed by atoms with Crippen molar-refractivity contribution >= 4 is 27.6 Å². The van der Waals surface area contributed by atoms with E-state index in [2.05, 4.69) is 18.2 Å². The second-order valence-corrected chi connectivity index (χ2v) is 7.33. The highest BCUT2D eigenvalue weighted by Crippen LogP contribution is 2.44. The number of ether oxygens (including phenoxy) is 3. The molecule has 3 aromatic carbocycles. The SMILES string of the molecule is CCOC(=O)Oc1sc2ccccc2c1OCc1ccccc1-c1ccccc1. The van der Waals surface area contributed by atoms with E-state index in [0.29, 0.717) is 17.4 Å². The minimum absolute atomic E-state index is 0.254. The molecule has 4 aromatic rings. The van der Waals surface area contributed by atoms with Crippen LogP contribution in [0.3, 0.4) is 0 Å². The van der Waals surface area contributed by atoms with Crippen molar-refractivity contribution in [3.63, 3.8) is 0 Å². The fourth-order valence-corrected chi connectivity index (χ4v) is 4.11. The summed E-state index contributed by atoms with van der Waals surface area (Å²) >= 11 is 1.37. The van der Waals surface area contributed by atoms with Gasteiger partial charge in [-0.05, 0) is 35.7 Å². The molecule has 0 spiro atoms. The van der Waals surface area contributed by atoms with E-state index in [1.165, 1.54) is 11.3 Å². The summed E-state index contributed by atoms with van der Waals surface area (Å²) in [5, 5.41) is 1.32. The van der Waals surface area contributed by atoms with Crippen LogP contribution in [0.5, 0.6) is 10.8 Å². The molecule has 0 aliphatic heterocycles. The normalized spacial score (nSPS) is 10.7. The monoisotopic (exact) mass is 404 g/mol. The van der Waals surface area contributed by atoms with E-state index < -0.39 is 6.16 Å². The number of thiophene rings is 1. The van der Waals surface area contributed by atoms with E-state index in [1.807, 2.05) is 60.7 Å². The van der Waals surface area contributed by atoms with E-state index >= 15 is 0 Å². The Morgan fingerprint density at radius 3 is 2.45 bits per heavy atom. The van der Waals surface area contributed by atoms with Crippen LogP contribution < -0.4 is 9.47 Å². The lowest BCUT2D eigenvalue weighted by molar-refractivity contribution is 0.104. The van der Waals surface area contributed by atoms with Crippen LogP contribution in [0, 0.1) is 0 Å². The molecule has 0 saturated heterocycles. The number of benzene rings is 3. The molecule has 4 nitrogen and oxygen atoms in total. The standard InChI is InChI=1S/C24H20O4S/c1-2-26-24(25)28-23-22(20-14-8-9-15-21(20)29-23)27-16-18-12-6-7-13-19(18)17-10-4-3-5-11-17/h3-15H,2,16H2,1H3. The lowest BCUT2D eigenvalue weighted by atomic mass is 10.0. The van der Waals surface area contributed by atoms with Crippen LogP contribution in [-0.2, 0) is 11.3 Å². The van der Waals surface area contributed by atoms with E-state index in [9.17, 15) is 4.79 Å². The molecular weight excluding hydrogens is 384 g/mol. The molecule has 4 rings (SSSR count). The maximum Gasteiger partial charge on any atom is 0.514 e. The fourth-order valence-electron chi connectivity index (χ4n) is 3.12. The van der Waals surface area contributed by atoms with E-state index in [1.54, 1.807) is 6.92 Å². The van der Waals surface area contributed by atoms with Crippen molar-refractivity contribution in [3.8, 4) is 21.9 Å². The van der Waals surface area contributed by atoms with Gasteiger partial charge in [0.1, 0.15) is 6.61 Å². The molecular formula is C24H20O4S. The van der Waals surface area contributed by atoms with Crippen molar-refractivity contribution in [1.29, 1.82) is 0 Å². The van der Waals surface area contributed by atoms with Crippen LogP contribution >= 0.6 is 11.3 Å². The van der Waals surface area contributed by atoms with Gasteiger partial charge in [-0.2, -0.15) is 0 Å². The minimum atomic E-state index is -0.728. The molecule has 0 bridgehead atoms. The third kappa shape index (κ3) is 4.25. The number of carbonyl (C=O) groups is 1. The average molecular weight is 404 g/mol. The lowest BCUT2D eigenvalue weighted by Crippen LogP contribution is -2.10. The maximum atomic E-state index is 11.9. The Bertz CT molecular complexity index is 1120. The fraction of sp³-hybridized carbons (Fsp3) is 0.125. The first kappa shape index (κ1) is 19.0. The molecule has 1 aromatic heterocycles. The number of hydrogen-bond acceptors (Lipinski definition) is 5. The van der Waals surface area contributed by atoms with E-state index in [4.69, 9.17) is 14.2 Å². The molecule has 29 heavy (non-hydrogen) atoms. The van der Waals surface area contributed by atoms with Crippen molar-refractivity contribution in [1.82, 2.24) is 0 Å². The van der Waals surface area contributed by atoms with Gasteiger partial charge in [0.2, 0.25) is 5.06 Å². The van der Waals surface area contributed by atoms with Gasteiger partial charge < -0.3 is 14.2 Å². The Morgan fingerprint density at radius 1 is 0.897 bits per heavy atom. The van der Waals surface area contributed by atoms with Crippen LogP contribution in [0.15, 0.2) is 78.9 Å². The highest BCUT2D eigenvalue weighted by atomic mass is 32.1. The quantitative estimate of drug-likeness (QED) is 0.336. The Balaban J connectivity index is 1.65. The molecule has 146 valence electrons. The molecule has 5 heteroatoms. The van der Waals surface area contributed by atoms with Gasteiger partial charge in [-0.15, -0.1) is 0 Å². The van der Waals surface area contributed by atoms with Crippen molar-refractivity contribution in [2.45, 2.75) is 13.5 Å². The third-order valence-corrected chi connectivity index (χ3v) is 5.46. The maximum absolute atomic E-state index is 11.9. The Kier molecular flexibility index (Phi) is 5.77. The number of fused-ring (bicyclic) bond motifs is 1. The second kappa shape index (κ2) is 8.80. The largest absolute Gasteiger partial charge is 0.514 e. The van der Waals surface area contributed by atoms with Crippen molar-refractivity contribution in [2.75, 3.05) is 6.61 Å². The van der Waals surface area contributed by atoms with Crippen LogP contribution in [0.4, 0.5) is 4.79 Å². The first-order valence-electron chi connectivity index (χ1n) is 9.38. The van der Waals surface area contributed by atoms with E-state index in [0.717, 1.165) is 26.8 Å². The van der Waals surface area contributed by atoms with Crippen LogP contribution in [0.25, 0.3) is 21.2 Å². The van der Waals surface area contributed by atoms with E-state index in [-0.39, 0.29) is 6.61 Å². The first-order chi connectivity index (χ1) is 14.3. The Morgan fingerprint density at radius 2 is 1.62 bits per heavy atom. The Labute approximate surface area is 173 Å². The van der Waals surface area contributed by atoms with Crippen molar-refractivity contribution < 1.29 is 19.0 Å². The predicted molar refractivity (Wildman–Crippen MR) is 116 cm³/mol. The van der Waals surface area contributed by atoms with Gasteiger partial charge in [0.15, 0.2) is 5.75 Å². The van der Waals surface area contributed by atoms with Gasteiger partial charge in [0.25, 0.3) is 0 Å². The Hall–Kier alpha value is -3.31. The number of carbonyl (C=O) groups excluding carboxylic acids is 1. The highest BCUT2D eigenvalue weighted by molar-refractivity contribution is 7.21. The third-order valence-electron chi connectivity index (χ3n) is 4.43. The predicted octanol–water partition coefficient (Wildman–Crippen LogP) is 6.68. The second-order valence-electron chi connectivity index (χ2n) is 6.31. The molecule has 0 aliphatic rings. The first-order valence-corrected chi connectivity index (χ1v) is 10.2. The van der Waals surface area contributed by atoms with Gasteiger partial charge >= 0.3 is 6.16 Å². The molecule has 0 radical (unpaired) electrons. The van der Waals surface area contributed by atoms with Crippen LogP contribution in [-0.4, -0.2) is 12.8 Å². The van der Waals surface area contributed by atoms with Crippen LogP contribution in [0.1, 0.15) is 12.5 Å². The van der Waals surface area contributed by atoms with Crippen molar-refractivity contribution in [3.05, 3.63) is 84.4 Å². The number of rotatable bonds is 6. The minimum Gasteiger partial charge on any atom is -0.483 e. The smallest absolute Gasteiger partial charge is 0.483 e. The lowest BCUT2D eigenvalue weighted by Gasteiger charge is -2.12. The summed E-state index contributed by atoms with van der Waals surface area (Å²) in [7, 11) is 0. The summed E-state index contributed by atoms with van der Waals surface area (Å²) in [6.45, 7) is 2.35. The molecule has 0 N–H and O–H groups in total. The summed E-state index contributed by atoms with van der Waals surface area (Å²) in [5.74, 6) is 0.557. The summed E-state index contributed by atoms with van der Waals surface area (Å²) in [4.78, 5) is 11.9. The van der Waals surface area contributed by atoms with Gasteiger partial charge in [0, 0.05) is 10.1 Å². The zero-order valence-electron chi connectivity index (χ0n) is 16.0. The van der Waals surface area contributed by atoms with Gasteiger partial charge in [-0.3, -0.25) is 0 Å². The average Bonchev–Trinajstić information content (AvgIpc) is 3.10. The molecule has 1 heterocycles. The summed E-state index contributed by atoms with van der Waals surface area (Å²) in [6.07, 6.45) is -0.728. The molecule has 0 amide bonds. The molecule has 0 atom stereocenters. The summed E-state index contributed by atoms with van der Waals surface area (Å²) < 4.78 is 17.5. The summed E-state index contributed by atoms with van der Waals surface area (Å²) in [5.41, 5.74) is 3.29. The molecule has 0 saturated carbocycles.